The molecule has 0 saturated carbocycles. The summed E-state index contributed by atoms with van der Waals surface area (Å²) in [5.41, 5.74) is 11.0. The highest BCUT2D eigenvalue weighted by atomic mass is 32.1. The minimum atomic E-state index is 0.652. The van der Waals surface area contributed by atoms with Crippen LogP contribution < -0.4 is 5.73 Å². The van der Waals surface area contributed by atoms with Gasteiger partial charge < -0.3 is 5.73 Å². The third-order valence-electron chi connectivity index (χ3n) is 5.22. The Morgan fingerprint density at radius 3 is 2.76 bits per heavy atom. The average Bonchev–Trinajstić information content (AvgIpc) is 3.18. The van der Waals surface area contributed by atoms with Gasteiger partial charge in [-0.2, -0.15) is 0 Å². The highest BCUT2D eigenvalue weighted by molar-refractivity contribution is 7.17. The second-order valence-electron chi connectivity index (χ2n) is 6.80. The molecule has 0 fully saturated rings. The van der Waals surface area contributed by atoms with Crippen LogP contribution in [-0.2, 0) is 19.3 Å². The Morgan fingerprint density at radius 2 is 1.88 bits per heavy atom. The van der Waals surface area contributed by atoms with Crippen molar-refractivity contribution in [2.45, 2.75) is 32.1 Å². The van der Waals surface area contributed by atoms with Crippen molar-refractivity contribution in [3.63, 3.8) is 0 Å². The number of aromatic nitrogens is 2. The van der Waals surface area contributed by atoms with Crippen molar-refractivity contribution in [1.82, 2.24) is 9.38 Å². The fourth-order valence-electron chi connectivity index (χ4n) is 4.03. The van der Waals surface area contributed by atoms with Gasteiger partial charge in [-0.3, -0.25) is 4.40 Å². The summed E-state index contributed by atoms with van der Waals surface area (Å²) in [6.45, 7) is 0.652. The lowest BCUT2D eigenvalue weighted by molar-refractivity contribution is 0.669. The van der Waals surface area contributed by atoms with Gasteiger partial charge in [0.05, 0.1) is 11.4 Å². The van der Waals surface area contributed by atoms with Gasteiger partial charge in [-0.25, -0.2) is 4.98 Å². The third-order valence-corrected chi connectivity index (χ3v) is 6.36. The van der Waals surface area contributed by atoms with Crippen LogP contribution in [0.2, 0.25) is 0 Å². The number of imidazole rings is 1. The molecule has 5 rings (SSSR count). The Balaban J connectivity index is 1.74. The topological polar surface area (TPSA) is 43.3 Å². The maximum absolute atomic E-state index is 5.96. The van der Waals surface area contributed by atoms with E-state index in [-0.39, 0.29) is 0 Å². The normalized spacial score (nSPS) is 14.3. The second-order valence-corrected chi connectivity index (χ2v) is 7.87. The van der Waals surface area contributed by atoms with Crippen LogP contribution in [0.3, 0.4) is 0 Å². The van der Waals surface area contributed by atoms with Crippen molar-refractivity contribution >= 4 is 27.1 Å². The Kier molecular flexibility index (Phi) is 3.61. The van der Waals surface area contributed by atoms with Gasteiger partial charge in [0.1, 0.15) is 0 Å². The number of nitrogens with two attached hydrogens (primary N) is 1. The number of benzene rings is 2. The molecule has 25 heavy (non-hydrogen) atoms. The summed E-state index contributed by atoms with van der Waals surface area (Å²) in [5.74, 6) is 0. The molecule has 0 spiro atoms. The van der Waals surface area contributed by atoms with E-state index < -0.39 is 0 Å². The standard InChI is InChI=1S/C21H21N3S/c22-12-11-18-20(16-10-9-14-5-1-2-6-15(14)13-16)23-21-24(18)17-7-3-4-8-19(17)25-21/h1-2,5-6,9-10,13H,3-4,7-8,11-12,22H2. The summed E-state index contributed by atoms with van der Waals surface area (Å²) >= 11 is 1.87. The van der Waals surface area contributed by atoms with E-state index in [0.717, 1.165) is 17.1 Å². The van der Waals surface area contributed by atoms with Crippen molar-refractivity contribution in [1.29, 1.82) is 0 Å². The number of thiazole rings is 1. The average molecular weight is 347 g/mol. The Hall–Kier alpha value is -2.17. The molecule has 2 aromatic heterocycles. The number of hydrogen-bond acceptors (Lipinski definition) is 3. The van der Waals surface area contributed by atoms with Crippen molar-refractivity contribution in [2.75, 3.05) is 6.54 Å². The van der Waals surface area contributed by atoms with E-state index in [1.807, 2.05) is 11.3 Å². The lowest BCUT2D eigenvalue weighted by Crippen LogP contribution is -2.09. The van der Waals surface area contributed by atoms with Crippen LogP contribution in [0.4, 0.5) is 0 Å². The predicted molar refractivity (Wildman–Crippen MR) is 105 cm³/mol. The first-order valence-corrected chi connectivity index (χ1v) is 9.88. The maximum Gasteiger partial charge on any atom is 0.194 e. The Bertz CT molecular complexity index is 1070. The quantitative estimate of drug-likeness (QED) is 0.589. The van der Waals surface area contributed by atoms with Crippen LogP contribution in [0.1, 0.15) is 29.1 Å². The van der Waals surface area contributed by atoms with E-state index in [9.17, 15) is 0 Å². The molecule has 2 N–H and O–H groups in total. The van der Waals surface area contributed by atoms with Crippen molar-refractivity contribution < 1.29 is 0 Å². The molecule has 0 bridgehead atoms. The molecule has 2 aromatic carbocycles. The fraction of sp³-hybridized carbons (Fsp3) is 0.286. The SMILES string of the molecule is NCCc1c(-c2ccc3ccccc3c2)nc2sc3c(n12)CCCC3. The number of hydrogen-bond donors (Lipinski definition) is 1. The molecule has 0 radical (unpaired) electrons. The van der Waals surface area contributed by atoms with Crippen LogP contribution in [0, 0.1) is 0 Å². The van der Waals surface area contributed by atoms with Crippen LogP contribution in [0.15, 0.2) is 42.5 Å². The molecule has 3 nitrogen and oxygen atoms in total. The fourth-order valence-corrected chi connectivity index (χ4v) is 5.26. The van der Waals surface area contributed by atoms with Crippen molar-refractivity contribution in [3.8, 4) is 11.3 Å². The number of nitrogens with zero attached hydrogens (tertiary/aromatic N) is 2. The van der Waals surface area contributed by atoms with Crippen LogP contribution in [-0.4, -0.2) is 15.9 Å². The van der Waals surface area contributed by atoms with Gasteiger partial charge in [0.15, 0.2) is 4.96 Å². The van der Waals surface area contributed by atoms with E-state index in [1.54, 1.807) is 0 Å². The zero-order chi connectivity index (χ0) is 16.8. The van der Waals surface area contributed by atoms with Crippen LogP contribution in [0.25, 0.3) is 27.0 Å². The first-order chi connectivity index (χ1) is 12.3. The highest BCUT2D eigenvalue weighted by Crippen LogP contribution is 2.35. The highest BCUT2D eigenvalue weighted by Gasteiger charge is 2.22. The van der Waals surface area contributed by atoms with E-state index in [1.165, 1.54) is 58.3 Å². The Labute approximate surface area is 151 Å². The second kappa shape index (κ2) is 5.97. The third kappa shape index (κ3) is 2.40. The number of rotatable bonds is 3. The predicted octanol–water partition coefficient (Wildman–Crippen LogP) is 4.60. The summed E-state index contributed by atoms with van der Waals surface area (Å²) in [5, 5.41) is 2.53. The summed E-state index contributed by atoms with van der Waals surface area (Å²) in [4.78, 5) is 7.70. The minimum Gasteiger partial charge on any atom is -0.330 e. The van der Waals surface area contributed by atoms with Gasteiger partial charge in [-0.15, -0.1) is 11.3 Å². The monoisotopic (exact) mass is 347 g/mol. The van der Waals surface area contributed by atoms with Crippen LogP contribution in [0.5, 0.6) is 0 Å². The van der Waals surface area contributed by atoms with E-state index >= 15 is 0 Å². The van der Waals surface area contributed by atoms with E-state index in [2.05, 4.69) is 46.9 Å². The molecule has 0 aliphatic heterocycles. The maximum atomic E-state index is 5.96. The molecule has 2 heterocycles. The largest absolute Gasteiger partial charge is 0.330 e. The molecule has 0 unspecified atom stereocenters. The molecular formula is C21H21N3S. The van der Waals surface area contributed by atoms with Crippen molar-refractivity contribution in [2.24, 2.45) is 5.73 Å². The molecule has 4 heteroatoms. The number of aryl methyl sites for hydroxylation is 2. The lowest BCUT2D eigenvalue weighted by atomic mass is 10.0. The molecular weight excluding hydrogens is 326 g/mol. The zero-order valence-corrected chi connectivity index (χ0v) is 15.0. The minimum absolute atomic E-state index is 0.652. The van der Waals surface area contributed by atoms with Gasteiger partial charge in [0, 0.05) is 22.6 Å². The van der Waals surface area contributed by atoms with Gasteiger partial charge in [0.25, 0.3) is 0 Å². The first-order valence-electron chi connectivity index (χ1n) is 9.06. The van der Waals surface area contributed by atoms with Gasteiger partial charge in [-0.1, -0.05) is 36.4 Å². The smallest absolute Gasteiger partial charge is 0.194 e. The van der Waals surface area contributed by atoms with Crippen molar-refractivity contribution in [3.05, 3.63) is 58.7 Å². The molecule has 126 valence electrons. The Morgan fingerprint density at radius 1 is 1.04 bits per heavy atom. The summed E-state index contributed by atoms with van der Waals surface area (Å²) in [6, 6.07) is 15.1. The molecule has 4 aromatic rings. The van der Waals surface area contributed by atoms with E-state index in [4.69, 9.17) is 10.7 Å². The van der Waals surface area contributed by atoms with E-state index in [0.29, 0.717) is 6.54 Å². The van der Waals surface area contributed by atoms with Gasteiger partial charge in [0.2, 0.25) is 0 Å². The summed E-state index contributed by atoms with van der Waals surface area (Å²) in [7, 11) is 0. The van der Waals surface area contributed by atoms with Crippen LogP contribution >= 0.6 is 11.3 Å². The molecule has 0 atom stereocenters. The van der Waals surface area contributed by atoms with Gasteiger partial charge in [-0.05, 0) is 49.1 Å². The molecule has 1 aliphatic rings. The first kappa shape index (κ1) is 15.1. The molecule has 1 aliphatic carbocycles. The summed E-state index contributed by atoms with van der Waals surface area (Å²) < 4.78 is 2.41. The lowest BCUT2D eigenvalue weighted by Gasteiger charge is -2.12. The molecule has 0 amide bonds. The van der Waals surface area contributed by atoms with Gasteiger partial charge >= 0.3 is 0 Å². The number of fused-ring (bicyclic) bond motifs is 4. The summed E-state index contributed by atoms with van der Waals surface area (Å²) in [6.07, 6.45) is 5.83. The zero-order valence-electron chi connectivity index (χ0n) is 14.2. The molecule has 0 saturated heterocycles.